The topological polar surface area (TPSA) is 21.7 Å². The van der Waals surface area contributed by atoms with Crippen molar-refractivity contribution >= 4 is 29.2 Å². The fourth-order valence-electron chi connectivity index (χ4n) is 3.40. The minimum absolute atomic E-state index is 0.833. The Morgan fingerprint density at radius 3 is 1.29 bits per heavy atom. The van der Waals surface area contributed by atoms with Gasteiger partial charge in [-0.15, -0.1) is 0 Å². The Morgan fingerprint density at radius 2 is 0.871 bits per heavy atom. The summed E-state index contributed by atoms with van der Waals surface area (Å²) in [6.07, 6.45) is 4.25. The van der Waals surface area contributed by atoms with Crippen molar-refractivity contribution < 1.29 is 9.47 Å². The van der Waals surface area contributed by atoms with Crippen LogP contribution in [0.15, 0.2) is 103 Å². The van der Waals surface area contributed by atoms with Gasteiger partial charge in [0, 0.05) is 17.1 Å². The number of anilines is 3. The van der Waals surface area contributed by atoms with Crippen molar-refractivity contribution in [2.75, 3.05) is 19.1 Å². The fourth-order valence-corrected chi connectivity index (χ4v) is 3.40. The summed E-state index contributed by atoms with van der Waals surface area (Å²) in [5.74, 6) is 1.67. The zero-order valence-electron chi connectivity index (χ0n) is 17.7. The van der Waals surface area contributed by atoms with Crippen molar-refractivity contribution in [1.29, 1.82) is 0 Å². The van der Waals surface area contributed by atoms with Crippen LogP contribution in [0.1, 0.15) is 11.1 Å². The highest BCUT2D eigenvalue weighted by molar-refractivity contribution is 5.78. The lowest BCUT2D eigenvalue weighted by atomic mass is 10.1. The summed E-state index contributed by atoms with van der Waals surface area (Å²) in [5.41, 5.74) is 5.52. The predicted octanol–water partition coefficient (Wildman–Crippen LogP) is 7.34. The van der Waals surface area contributed by atoms with Crippen LogP contribution in [0.5, 0.6) is 11.5 Å². The molecule has 0 N–H and O–H groups in total. The third-order valence-electron chi connectivity index (χ3n) is 5.08. The molecule has 0 saturated carbocycles. The summed E-state index contributed by atoms with van der Waals surface area (Å²) in [7, 11) is 3.36. The van der Waals surface area contributed by atoms with E-state index in [0.29, 0.717) is 0 Å². The molecule has 4 aromatic rings. The maximum absolute atomic E-state index is 5.33. The van der Waals surface area contributed by atoms with Gasteiger partial charge in [-0.3, -0.25) is 0 Å². The summed E-state index contributed by atoms with van der Waals surface area (Å²) in [6.45, 7) is 0. The highest BCUT2D eigenvalue weighted by atomic mass is 16.5. The molecule has 0 aliphatic carbocycles. The molecule has 0 radical (unpaired) electrons. The van der Waals surface area contributed by atoms with E-state index in [1.165, 1.54) is 5.56 Å². The predicted molar refractivity (Wildman–Crippen MR) is 130 cm³/mol. The molecule has 0 heterocycles. The molecule has 0 amide bonds. The van der Waals surface area contributed by atoms with Crippen LogP contribution in [0.25, 0.3) is 12.2 Å². The smallest absolute Gasteiger partial charge is 0.119 e. The van der Waals surface area contributed by atoms with Gasteiger partial charge in [0.05, 0.1) is 14.2 Å². The molecule has 0 saturated heterocycles. The first-order valence-corrected chi connectivity index (χ1v) is 10.2. The SMILES string of the molecule is COc1ccc(N(c2ccc(/C=C/c3ccccc3)cc2)c2ccc(OC)cc2)cc1. The van der Waals surface area contributed by atoms with Gasteiger partial charge in [0.15, 0.2) is 0 Å². The maximum atomic E-state index is 5.33. The number of methoxy groups -OCH3 is 2. The van der Waals surface area contributed by atoms with Gasteiger partial charge in [0.2, 0.25) is 0 Å². The number of ether oxygens (including phenoxy) is 2. The highest BCUT2D eigenvalue weighted by Crippen LogP contribution is 2.36. The first-order chi connectivity index (χ1) is 15.3. The summed E-state index contributed by atoms with van der Waals surface area (Å²) in [5, 5.41) is 0. The monoisotopic (exact) mass is 407 g/mol. The van der Waals surface area contributed by atoms with Crippen LogP contribution in [-0.4, -0.2) is 14.2 Å². The van der Waals surface area contributed by atoms with E-state index in [-0.39, 0.29) is 0 Å². The van der Waals surface area contributed by atoms with E-state index in [9.17, 15) is 0 Å². The maximum Gasteiger partial charge on any atom is 0.119 e. The van der Waals surface area contributed by atoms with E-state index < -0.39 is 0 Å². The second-order valence-electron chi connectivity index (χ2n) is 7.07. The molecule has 0 aromatic heterocycles. The molecule has 31 heavy (non-hydrogen) atoms. The first-order valence-electron chi connectivity index (χ1n) is 10.2. The van der Waals surface area contributed by atoms with E-state index in [1.807, 2.05) is 42.5 Å². The van der Waals surface area contributed by atoms with Crippen LogP contribution in [0.3, 0.4) is 0 Å². The second kappa shape index (κ2) is 9.68. The van der Waals surface area contributed by atoms with Crippen LogP contribution in [0.2, 0.25) is 0 Å². The van der Waals surface area contributed by atoms with Crippen LogP contribution < -0.4 is 14.4 Å². The largest absolute Gasteiger partial charge is 0.497 e. The summed E-state index contributed by atoms with van der Waals surface area (Å²) < 4.78 is 10.7. The minimum Gasteiger partial charge on any atom is -0.497 e. The highest BCUT2D eigenvalue weighted by Gasteiger charge is 2.12. The van der Waals surface area contributed by atoms with Gasteiger partial charge in [0.1, 0.15) is 11.5 Å². The third kappa shape index (κ3) is 4.96. The lowest BCUT2D eigenvalue weighted by molar-refractivity contribution is 0.415. The Labute approximate surface area is 183 Å². The summed E-state index contributed by atoms with van der Waals surface area (Å²) >= 11 is 0. The molecule has 154 valence electrons. The van der Waals surface area contributed by atoms with Crippen molar-refractivity contribution in [3.63, 3.8) is 0 Å². The van der Waals surface area contributed by atoms with E-state index >= 15 is 0 Å². The Morgan fingerprint density at radius 1 is 0.484 bits per heavy atom. The van der Waals surface area contributed by atoms with Gasteiger partial charge in [-0.2, -0.15) is 0 Å². The molecule has 0 unspecified atom stereocenters. The van der Waals surface area contributed by atoms with Crippen molar-refractivity contribution in [3.8, 4) is 11.5 Å². The van der Waals surface area contributed by atoms with Gasteiger partial charge in [-0.1, -0.05) is 54.6 Å². The molecule has 0 fully saturated rings. The summed E-state index contributed by atoms with van der Waals surface area (Å²) in [6, 6.07) is 35.0. The van der Waals surface area contributed by atoms with E-state index in [4.69, 9.17) is 9.47 Å². The lowest BCUT2D eigenvalue weighted by Gasteiger charge is -2.26. The van der Waals surface area contributed by atoms with Crippen LogP contribution in [0, 0.1) is 0 Å². The van der Waals surface area contributed by atoms with E-state index in [2.05, 4.69) is 77.7 Å². The Bertz CT molecular complexity index is 1070. The lowest BCUT2D eigenvalue weighted by Crippen LogP contribution is -2.09. The van der Waals surface area contributed by atoms with Crippen molar-refractivity contribution in [2.24, 2.45) is 0 Å². The molecule has 0 aliphatic heterocycles. The van der Waals surface area contributed by atoms with E-state index in [1.54, 1.807) is 14.2 Å². The molecule has 0 atom stereocenters. The molecule has 0 aliphatic rings. The molecule has 4 rings (SSSR count). The second-order valence-corrected chi connectivity index (χ2v) is 7.07. The third-order valence-corrected chi connectivity index (χ3v) is 5.08. The quantitative estimate of drug-likeness (QED) is 0.299. The Hall–Kier alpha value is -3.98. The van der Waals surface area contributed by atoms with Crippen LogP contribution >= 0.6 is 0 Å². The number of benzene rings is 4. The zero-order chi connectivity index (χ0) is 21.5. The molecule has 3 heteroatoms. The molecule has 0 bridgehead atoms. The van der Waals surface area contributed by atoms with Crippen molar-refractivity contribution in [1.82, 2.24) is 0 Å². The van der Waals surface area contributed by atoms with Crippen molar-refractivity contribution in [2.45, 2.75) is 0 Å². The number of rotatable bonds is 7. The van der Waals surface area contributed by atoms with Gasteiger partial charge in [-0.25, -0.2) is 0 Å². The number of hydrogen-bond donors (Lipinski definition) is 0. The van der Waals surface area contributed by atoms with Crippen molar-refractivity contribution in [3.05, 3.63) is 114 Å². The van der Waals surface area contributed by atoms with Crippen LogP contribution in [-0.2, 0) is 0 Å². The van der Waals surface area contributed by atoms with E-state index in [0.717, 1.165) is 34.1 Å². The van der Waals surface area contributed by atoms with Crippen LogP contribution in [0.4, 0.5) is 17.1 Å². The fraction of sp³-hybridized carbons (Fsp3) is 0.0714. The van der Waals surface area contributed by atoms with Gasteiger partial charge in [0.25, 0.3) is 0 Å². The summed E-state index contributed by atoms with van der Waals surface area (Å²) in [4.78, 5) is 2.21. The Kier molecular flexibility index (Phi) is 6.34. The minimum atomic E-state index is 0.833. The molecule has 4 aromatic carbocycles. The standard InChI is InChI=1S/C28H25NO2/c1-30-27-18-14-25(15-19-27)29(26-16-20-28(31-2)21-17-26)24-12-10-23(11-13-24)9-8-22-6-4-3-5-7-22/h3-21H,1-2H3/b9-8+. The average molecular weight is 408 g/mol. The molecular formula is C28H25NO2. The van der Waals surface area contributed by atoms with Gasteiger partial charge in [-0.05, 0) is 71.8 Å². The first kappa shape index (κ1) is 20.3. The zero-order valence-corrected chi connectivity index (χ0v) is 17.7. The average Bonchev–Trinajstić information content (AvgIpc) is 2.85. The van der Waals surface area contributed by atoms with Gasteiger partial charge >= 0.3 is 0 Å². The normalized spacial score (nSPS) is 10.8. The molecular weight excluding hydrogens is 382 g/mol. The number of nitrogens with zero attached hydrogens (tertiary/aromatic N) is 1. The number of hydrogen-bond acceptors (Lipinski definition) is 3. The molecule has 0 spiro atoms. The van der Waals surface area contributed by atoms with Gasteiger partial charge < -0.3 is 14.4 Å². The molecule has 3 nitrogen and oxygen atoms in total. The Balaban J connectivity index is 1.66.